The van der Waals surface area contributed by atoms with Crippen LogP contribution in [0.1, 0.15) is 26.7 Å². The molecular formula is C11H16. The average molecular weight is 148 g/mol. The van der Waals surface area contributed by atoms with Gasteiger partial charge in [0.05, 0.1) is 0 Å². The lowest BCUT2D eigenvalue weighted by Gasteiger charge is -2.06. The summed E-state index contributed by atoms with van der Waals surface area (Å²) in [7, 11) is 0. The van der Waals surface area contributed by atoms with E-state index in [0.29, 0.717) is 5.92 Å². The topological polar surface area (TPSA) is 0 Å². The summed E-state index contributed by atoms with van der Waals surface area (Å²) in [6.07, 6.45) is 13.4. The van der Waals surface area contributed by atoms with Crippen LogP contribution >= 0.6 is 0 Å². The summed E-state index contributed by atoms with van der Waals surface area (Å²) in [5, 5.41) is 0. The standard InChI is InChI=1S/C11H16/c1-10(2)11-8-6-4-3-5-7-9-11/h3-4,6,8-10H,5,7H2,1-2H3/b4-3+,8-6?,11-9?. The molecule has 0 heteroatoms. The Hall–Kier alpha value is -0.780. The summed E-state index contributed by atoms with van der Waals surface area (Å²) in [6, 6.07) is 0. The second-order valence-corrected chi connectivity index (χ2v) is 3.22. The first kappa shape index (κ1) is 8.32. The first-order valence-corrected chi connectivity index (χ1v) is 4.34. The van der Waals surface area contributed by atoms with E-state index < -0.39 is 0 Å². The molecule has 11 heavy (non-hydrogen) atoms. The van der Waals surface area contributed by atoms with Gasteiger partial charge in [-0.3, -0.25) is 0 Å². The Balaban J connectivity index is 2.69. The monoisotopic (exact) mass is 148 g/mol. The Morgan fingerprint density at radius 1 is 1.18 bits per heavy atom. The molecule has 0 amide bonds. The zero-order valence-corrected chi connectivity index (χ0v) is 7.38. The lowest BCUT2D eigenvalue weighted by Crippen LogP contribution is -1.90. The Kier molecular flexibility index (Phi) is 3.15. The van der Waals surface area contributed by atoms with Crippen molar-refractivity contribution < 1.29 is 0 Å². The molecule has 0 N–H and O–H groups in total. The van der Waals surface area contributed by atoms with Crippen LogP contribution in [0.25, 0.3) is 0 Å². The molecule has 0 aromatic heterocycles. The van der Waals surface area contributed by atoms with Crippen molar-refractivity contribution in [2.45, 2.75) is 26.7 Å². The minimum Gasteiger partial charge on any atom is -0.0842 e. The molecule has 0 nitrogen and oxygen atoms in total. The van der Waals surface area contributed by atoms with Crippen LogP contribution in [0.4, 0.5) is 0 Å². The van der Waals surface area contributed by atoms with Crippen LogP contribution in [0, 0.1) is 5.92 Å². The number of allylic oxidation sites excluding steroid dienone is 6. The van der Waals surface area contributed by atoms with Crippen molar-refractivity contribution in [1.82, 2.24) is 0 Å². The van der Waals surface area contributed by atoms with E-state index >= 15 is 0 Å². The predicted octanol–water partition coefficient (Wildman–Crippen LogP) is 3.48. The molecule has 1 aliphatic rings. The van der Waals surface area contributed by atoms with E-state index in [4.69, 9.17) is 0 Å². The van der Waals surface area contributed by atoms with E-state index in [2.05, 4.69) is 44.2 Å². The molecule has 0 spiro atoms. The highest BCUT2D eigenvalue weighted by atomic mass is 14.0. The average Bonchev–Trinajstić information content (AvgIpc) is 1.84. The van der Waals surface area contributed by atoms with E-state index in [-0.39, 0.29) is 0 Å². The molecule has 0 fully saturated rings. The molecule has 0 saturated heterocycles. The van der Waals surface area contributed by atoms with Gasteiger partial charge in [-0.1, -0.05) is 44.2 Å². The van der Waals surface area contributed by atoms with Crippen LogP contribution in [-0.4, -0.2) is 0 Å². The van der Waals surface area contributed by atoms with E-state index in [1.54, 1.807) is 0 Å². The first-order valence-electron chi connectivity index (χ1n) is 4.34. The van der Waals surface area contributed by atoms with Crippen LogP contribution in [0.2, 0.25) is 0 Å². The van der Waals surface area contributed by atoms with Gasteiger partial charge in [-0.15, -0.1) is 0 Å². The maximum Gasteiger partial charge on any atom is -0.0222 e. The number of rotatable bonds is 1. The van der Waals surface area contributed by atoms with Crippen molar-refractivity contribution in [1.29, 1.82) is 0 Å². The molecule has 1 rings (SSSR count). The summed E-state index contributed by atoms with van der Waals surface area (Å²) >= 11 is 0. The molecule has 0 saturated carbocycles. The van der Waals surface area contributed by atoms with Crippen LogP contribution in [0.5, 0.6) is 0 Å². The summed E-state index contributed by atoms with van der Waals surface area (Å²) in [5.41, 5.74) is 1.47. The number of hydrogen-bond donors (Lipinski definition) is 0. The van der Waals surface area contributed by atoms with Gasteiger partial charge in [0, 0.05) is 0 Å². The summed E-state index contributed by atoms with van der Waals surface area (Å²) < 4.78 is 0. The van der Waals surface area contributed by atoms with Crippen molar-refractivity contribution in [3.05, 3.63) is 36.0 Å². The van der Waals surface area contributed by atoms with Gasteiger partial charge in [0.25, 0.3) is 0 Å². The molecule has 0 heterocycles. The smallest absolute Gasteiger partial charge is 0.0222 e. The van der Waals surface area contributed by atoms with Crippen LogP contribution in [-0.2, 0) is 0 Å². The first-order chi connectivity index (χ1) is 5.30. The molecule has 0 atom stereocenters. The number of hydrogen-bond acceptors (Lipinski definition) is 0. The van der Waals surface area contributed by atoms with E-state index in [1.807, 2.05) is 0 Å². The summed E-state index contributed by atoms with van der Waals surface area (Å²) in [4.78, 5) is 0. The normalized spacial score (nSPS) is 20.8. The maximum atomic E-state index is 2.34. The predicted molar refractivity (Wildman–Crippen MR) is 50.4 cm³/mol. The van der Waals surface area contributed by atoms with Gasteiger partial charge in [-0.25, -0.2) is 0 Å². The third-order valence-corrected chi connectivity index (χ3v) is 1.92. The largest absolute Gasteiger partial charge is 0.0842 e. The maximum absolute atomic E-state index is 2.34. The molecule has 1 aliphatic carbocycles. The Labute approximate surface area is 69.3 Å². The second-order valence-electron chi connectivity index (χ2n) is 3.22. The lowest BCUT2D eigenvalue weighted by molar-refractivity contribution is 0.781. The summed E-state index contributed by atoms with van der Waals surface area (Å²) in [6.45, 7) is 4.48. The molecule has 0 aromatic carbocycles. The van der Waals surface area contributed by atoms with E-state index in [1.165, 1.54) is 18.4 Å². The van der Waals surface area contributed by atoms with Gasteiger partial charge in [-0.2, -0.15) is 0 Å². The van der Waals surface area contributed by atoms with Gasteiger partial charge in [0.2, 0.25) is 0 Å². The highest BCUT2D eigenvalue weighted by Gasteiger charge is 1.97. The second kappa shape index (κ2) is 4.17. The molecule has 0 radical (unpaired) electrons. The molecule has 0 aromatic rings. The van der Waals surface area contributed by atoms with Gasteiger partial charge >= 0.3 is 0 Å². The zero-order chi connectivity index (χ0) is 8.10. The fraction of sp³-hybridized carbons (Fsp3) is 0.455. The third-order valence-electron chi connectivity index (χ3n) is 1.92. The lowest BCUT2D eigenvalue weighted by atomic mass is 10.00. The van der Waals surface area contributed by atoms with E-state index in [9.17, 15) is 0 Å². The molecule has 60 valence electrons. The SMILES string of the molecule is CC(C)C1=CCC/C=C/C=C1. The minimum atomic E-state index is 0.665. The Morgan fingerprint density at radius 3 is 2.73 bits per heavy atom. The van der Waals surface area contributed by atoms with Gasteiger partial charge in [0.15, 0.2) is 0 Å². The highest BCUT2D eigenvalue weighted by molar-refractivity contribution is 5.25. The summed E-state index contributed by atoms with van der Waals surface area (Å²) in [5.74, 6) is 0.665. The van der Waals surface area contributed by atoms with Gasteiger partial charge < -0.3 is 0 Å². The van der Waals surface area contributed by atoms with Crippen molar-refractivity contribution in [2.75, 3.05) is 0 Å². The molecule has 0 bridgehead atoms. The minimum absolute atomic E-state index is 0.665. The van der Waals surface area contributed by atoms with Crippen molar-refractivity contribution in [3.63, 3.8) is 0 Å². The van der Waals surface area contributed by atoms with Crippen molar-refractivity contribution in [3.8, 4) is 0 Å². The quantitative estimate of drug-likeness (QED) is 0.534. The Bertz CT molecular complexity index is 192. The van der Waals surface area contributed by atoms with Crippen LogP contribution < -0.4 is 0 Å². The van der Waals surface area contributed by atoms with Crippen LogP contribution in [0.15, 0.2) is 36.0 Å². The van der Waals surface area contributed by atoms with Crippen LogP contribution in [0.3, 0.4) is 0 Å². The van der Waals surface area contributed by atoms with Gasteiger partial charge in [-0.05, 0) is 24.3 Å². The highest BCUT2D eigenvalue weighted by Crippen LogP contribution is 2.14. The fourth-order valence-electron chi connectivity index (χ4n) is 1.18. The van der Waals surface area contributed by atoms with Crippen molar-refractivity contribution >= 4 is 0 Å². The zero-order valence-electron chi connectivity index (χ0n) is 7.38. The fourth-order valence-corrected chi connectivity index (χ4v) is 1.18. The molecule has 0 aliphatic heterocycles. The molecule has 0 unspecified atom stereocenters. The van der Waals surface area contributed by atoms with Crippen molar-refractivity contribution in [2.24, 2.45) is 5.92 Å². The molecular weight excluding hydrogens is 132 g/mol. The van der Waals surface area contributed by atoms with E-state index in [0.717, 1.165) is 0 Å². The third kappa shape index (κ3) is 2.75. The van der Waals surface area contributed by atoms with Gasteiger partial charge in [0.1, 0.15) is 0 Å². The Morgan fingerprint density at radius 2 is 2.00 bits per heavy atom.